The van der Waals surface area contributed by atoms with Gasteiger partial charge in [-0.2, -0.15) is 0 Å². The molecule has 0 amide bonds. The number of aliphatic hydroxyl groups excluding tert-OH is 2. The zero-order chi connectivity index (χ0) is 12.3. The van der Waals surface area contributed by atoms with Crippen molar-refractivity contribution in [2.45, 2.75) is 19.5 Å². The highest BCUT2D eigenvalue weighted by molar-refractivity contribution is 5.42. The maximum Gasteiger partial charge on any atom is 0.137 e. The molecule has 3 N–H and O–H groups in total. The maximum absolute atomic E-state index is 8.99. The van der Waals surface area contributed by atoms with Crippen molar-refractivity contribution in [2.24, 2.45) is 0 Å². The number of nitrogens with one attached hydrogen (secondary N) is 1. The van der Waals surface area contributed by atoms with E-state index in [9.17, 15) is 0 Å². The summed E-state index contributed by atoms with van der Waals surface area (Å²) >= 11 is 0. The van der Waals surface area contributed by atoms with Gasteiger partial charge in [-0.25, -0.2) is 4.98 Å². The van der Waals surface area contributed by atoms with Crippen LogP contribution < -0.4 is 5.32 Å². The van der Waals surface area contributed by atoms with Crippen LogP contribution >= 0.6 is 0 Å². The topological polar surface area (TPSA) is 69.8 Å². The summed E-state index contributed by atoms with van der Waals surface area (Å²) in [5, 5.41) is 21.1. The Hall–Kier alpha value is -1.43. The van der Waals surface area contributed by atoms with Gasteiger partial charge in [0, 0.05) is 12.7 Å². The summed E-state index contributed by atoms with van der Waals surface area (Å²) in [5.41, 5.74) is 2.91. The van der Waals surface area contributed by atoms with Crippen molar-refractivity contribution in [3.8, 4) is 0 Å². The van der Waals surface area contributed by atoms with Crippen molar-refractivity contribution >= 4 is 5.65 Å². The number of pyridine rings is 1. The Morgan fingerprint density at radius 1 is 1.35 bits per heavy atom. The Labute approximate surface area is 99.7 Å². The monoisotopic (exact) mass is 235 g/mol. The number of hydrogen-bond acceptors (Lipinski definition) is 4. The van der Waals surface area contributed by atoms with E-state index in [0.717, 1.165) is 17.0 Å². The van der Waals surface area contributed by atoms with Gasteiger partial charge in [0.25, 0.3) is 0 Å². The summed E-state index contributed by atoms with van der Waals surface area (Å²) in [6.07, 6.45) is 1.96. The Morgan fingerprint density at radius 2 is 2.12 bits per heavy atom. The fourth-order valence-electron chi connectivity index (χ4n) is 1.81. The lowest BCUT2D eigenvalue weighted by molar-refractivity contribution is 0.170. The van der Waals surface area contributed by atoms with Crippen LogP contribution in [-0.4, -0.2) is 38.9 Å². The van der Waals surface area contributed by atoms with Gasteiger partial charge in [-0.15, -0.1) is 0 Å². The van der Waals surface area contributed by atoms with E-state index in [1.54, 1.807) is 0 Å². The third-order valence-electron chi connectivity index (χ3n) is 2.83. The molecular weight excluding hydrogens is 218 g/mol. The highest BCUT2D eigenvalue weighted by Crippen LogP contribution is 2.11. The Morgan fingerprint density at radius 3 is 2.82 bits per heavy atom. The normalized spacial score (nSPS) is 11.5. The standard InChI is InChI=1S/C12H17N3O2/c1-9-11(6-13-10(7-16)8-17)15-5-3-2-4-12(15)14-9/h2-5,10,13,16-17H,6-8H2,1H3. The molecule has 2 rings (SSSR count). The van der Waals surface area contributed by atoms with E-state index in [1.807, 2.05) is 35.7 Å². The van der Waals surface area contributed by atoms with Gasteiger partial charge < -0.3 is 19.9 Å². The summed E-state index contributed by atoms with van der Waals surface area (Å²) in [5.74, 6) is 0. The Balaban J connectivity index is 2.20. The molecule has 0 aliphatic carbocycles. The predicted molar refractivity (Wildman–Crippen MR) is 64.7 cm³/mol. The molecule has 2 aromatic rings. The maximum atomic E-state index is 8.99. The highest BCUT2D eigenvalue weighted by Gasteiger charge is 2.10. The zero-order valence-corrected chi connectivity index (χ0v) is 9.80. The fraction of sp³-hybridized carbons (Fsp3) is 0.417. The number of nitrogens with zero attached hydrogens (tertiary/aromatic N) is 2. The van der Waals surface area contributed by atoms with E-state index in [4.69, 9.17) is 10.2 Å². The number of rotatable bonds is 5. The van der Waals surface area contributed by atoms with Gasteiger partial charge in [0.15, 0.2) is 0 Å². The van der Waals surface area contributed by atoms with Crippen molar-refractivity contribution in [1.29, 1.82) is 0 Å². The summed E-state index contributed by atoms with van der Waals surface area (Å²) in [6, 6.07) is 5.56. The van der Waals surface area contributed by atoms with Crippen LogP contribution in [0.2, 0.25) is 0 Å². The van der Waals surface area contributed by atoms with E-state index in [-0.39, 0.29) is 19.3 Å². The summed E-state index contributed by atoms with van der Waals surface area (Å²) in [7, 11) is 0. The minimum absolute atomic E-state index is 0.0771. The van der Waals surface area contributed by atoms with Crippen molar-refractivity contribution in [2.75, 3.05) is 13.2 Å². The molecule has 0 aliphatic heterocycles. The third kappa shape index (κ3) is 2.46. The predicted octanol–water partition coefficient (Wildman–Crippen LogP) is 0.0855. The third-order valence-corrected chi connectivity index (χ3v) is 2.83. The molecule has 5 nitrogen and oxygen atoms in total. The van der Waals surface area contributed by atoms with Gasteiger partial charge in [0.2, 0.25) is 0 Å². The minimum Gasteiger partial charge on any atom is -0.395 e. The Kier molecular flexibility index (Phi) is 3.73. The number of hydrogen-bond donors (Lipinski definition) is 3. The molecule has 0 aromatic carbocycles. The molecule has 0 spiro atoms. The van der Waals surface area contributed by atoms with Crippen molar-refractivity contribution in [1.82, 2.24) is 14.7 Å². The second-order valence-electron chi connectivity index (χ2n) is 4.02. The van der Waals surface area contributed by atoms with E-state index in [2.05, 4.69) is 10.3 Å². The first kappa shape index (κ1) is 12.0. The number of fused-ring (bicyclic) bond motifs is 1. The summed E-state index contributed by atoms with van der Waals surface area (Å²) in [4.78, 5) is 4.44. The van der Waals surface area contributed by atoms with Crippen molar-refractivity contribution in [3.05, 3.63) is 35.8 Å². The summed E-state index contributed by atoms with van der Waals surface area (Å²) < 4.78 is 2.01. The van der Waals surface area contributed by atoms with Crippen LogP contribution in [0.25, 0.3) is 5.65 Å². The molecule has 5 heteroatoms. The molecule has 0 saturated carbocycles. The molecule has 0 saturated heterocycles. The van der Waals surface area contributed by atoms with Gasteiger partial charge in [-0.1, -0.05) is 6.07 Å². The van der Waals surface area contributed by atoms with Gasteiger partial charge in [0.05, 0.1) is 30.6 Å². The Bertz CT molecular complexity index is 491. The van der Waals surface area contributed by atoms with Gasteiger partial charge >= 0.3 is 0 Å². The number of aromatic nitrogens is 2. The lowest BCUT2D eigenvalue weighted by atomic mass is 10.3. The highest BCUT2D eigenvalue weighted by atomic mass is 16.3. The SMILES string of the molecule is Cc1nc2ccccn2c1CNC(CO)CO. The molecule has 0 fully saturated rings. The molecule has 17 heavy (non-hydrogen) atoms. The van der Waals surface area contributed by atoms with Crippen LogP contribution in [-0.2, 0) is 6.54 Å². The second kappa shape index (κ2) is 5.27. The van der Waals surface area contributed by atoms with Crippen LogP contribution in [0.3, 0.4) is 0 Å². The molecule has 92 valence electrons. The molecule has 2 aromatic heterocycles. The molecule has 2 heterocycles. The van der Waals surface area contributed by atoms with E-state index >= 15 is 0 Å². The lowest BCUT2D eigenvalue weighted by Gasteiger charge is -2.13. The van der Waals surface area contributed by atoms with Crippen molar-refractivity contribution in [3.63, 3.8) is 0 Å². The van der Waals surface area contributed by atoms with Crippen LogP contribution in [0.4, 0.5) is 0 Å². The van der Waals surface area contributed by atoms with Gasteiger partial charge in [-0.05, 0) is 19.1 Å². The average molecular weight is 235 g/mol. The molecule has 0 atom stereocenters. The first-order valence-corrected chi connectivity index (χ1v) is 5.64. The van der Waals surface area contributed by atoms with Crippen molar-refractivity contribution < 1.29 is 10.2 Å². The van der Waals surface area contributed by atoms with E-state index in [0.29, 0.717) is 6.54 Å². The number of imidazole rings is 1. The van der Waals surface area contributed by atoms with Crippen LogP contribution in [0.5, 0.6) is 0 Å². The first-order valence-electron chi connectivity index (χ1n) is 5.64. The zero-order valence-electron chi connectivity index (χ0n) is 9.80. The quantitative estimate of drug-likeness (QED) is 0.686. The first-order chi connectivity index (χ1) is 8.26. The van der Waals surface area contributed by atoms with E-state index in [1.165, 1.54) is 0 Å². The minimum atomic E-state index is -0.288. The largest absolute Gasteiger partial charge is 0.395 e. The molecule has 0 unspecified atom stereocenters. The molecule has 0 bridgehead atoms. The molecule has 0 radical (unpaired) electrons. The lowest BCUT2D eigenvalue weighted by Crippen LogP contribution is -2.35. The molecule has 0 aliphatic rings. The second-order valence-corrected chi connectivity index (χ2v) is 4.02. The fourth-order valence-corrected chi connectivity index (χ4v) is 1.81. The molecular formula is C12H17N3O2. The van der Waals surface area contributed by atoms with Crippen LogP contribution in [0.15, 0.2) is 24.4 Å². The smallest absolute Gasteiger partial charge is 0.137 e. The number of aliphatic hydroxyl groups is 2. The average Bonchev–Trinajstić information content (AvgIpc) is 2.67. The summed E-state index contributed by atoms with van der Waals surface area (Å²) in [6.45, 7) is 2.37. The van der Waals surface area contributed by atoms with Crippen LogP contribution in [0, 0.1) is 6.92 Å². The number of aryl methyl sites for hydroxylation is 1. The van der Waals surface area contributed by atoms with Crippen LogP contribution in [0.1, 0.15) is 11.4 Å². The van der Waals surface area contributed by atoms with Gasteiger partial charge in [0.1, 0.15) is 5.65 Å². The van der Waals surface area contributed by atoms with Gasteiger partial charge in [-0.3, -0.25) is 0 Å². The van der Waals surface area contributed by atoms with E-state index < -0.39 is 0 Å².